The van der Waals surface area contributed by atoms with Crippen molar-refractivity contribution in [3.63, 3.8) is 0 Å². The number of benzene rings is 2. The van der Waals surface area contributed by atoms with Gasteiger partial charge in [-0.15, -0.1) is 0 Å². The Morgan fingerprint density at radius 3 is 2.34 bits per heavy atom. The zero-order chi connectivity index (χ0) is 23.6. The molecule has 32 heavy (non-hydrogen) atoms. The third-order valence-electron chi connectivity index (χ3n) is 5.73. The Kier molecular flexibility index (Phi) is 6.85. The first-order valence-corrected chi connectivity index (χ1v) is 11.9. The highest BCUT2D eigenvalue weighted by Gasteiger charge is 2.31. The van der Waals surface area contributed by atoms with Gasteiger partial charge in [-0.3, -0.25) is 0 Å². The molecule has 2 aromatic carbocycles. The number of carbonyl (C=O) groups excluding carboxylic acids is 1. The highest BCUT2D eigenvalue weighted by molar-refractivity contribution is 7.89. The molecular formula is C24H27NO6S. The largest absolute Gasteiger partial charge is 0.425 e. The number of sulfonamides is 1. The van der Waals surface area contributed by atoms with E-state index in [0.29, 0.717) is 17.6 Å². The molecule has 0 aliphatic heterocycles. The summed E-state index contributed by atoms with van der Waals surface area (Å²) in [6, 6.07) is 10.0. The lowest BCUT2D eigenvalue weighted by molar-refractivity contribution is -0.137. The van der Waals surface area contributed by atoms with Gasteiger partial charge in [-0.25, -0.2) is 18.0 Å². The van der Waals surface area contributed by atoms with Crippen LogP contribution in [0.15, 0.2) is 56.6 Å². The second kappa shape index (κ2) is 9.26. The second-order valence-electron chi connectivity index (χ2n) is 8.02. The van der Waals surface area contributed by atoms with Gasteiger partial charge in [0.15, 0.2) is 0 Å². The molecule has 1 N–H and O–H groups in total. The SMILES string of the molecule is CCC(C)C(NS(=O)(=O)c1ccc(C)cc1)C(=O)Oc1ccc2c(C)c(C)c(=O)oc2c1. The molecule has 1 aromatic heterocycles. The molecule has 170 valence electrons. The summed E-state index contributed by atoms with van der Waals surface area (Å²) in [5, 5.41) is 0.737. The highest BCUT2D eigenvalue weighted by Crippen LogP contribution is 2.25. The molecule has 0 saturated heterocycles. The van der Waals surface area contributed by atoms with Crippen LogP contribution in [0.4, 0.5) is 0 Å². The molecule has 0 bridgehead atoms. The van der Waals surface area contributed by atoms with E-state index in [2.05, 4.69) is 4.72 Å². The van der Waals surface area contributed by atoms with Crippen molar-refractivity contribution < 1.29 is 22.4 Å². The Morgan fingerprint density at radius 2 is 1.72 bits per heavy atom. The van der Waals surface area contributed by atoms with E-state index in [1.807, 2.05) is 20.8 Å². The standard InChI is InChI=1S/C24H27NO6S/c1-6-15(3)22(25-32(28,29)19-10-7-14(2)8-11-19)24(27)30-18-9-12-20-16(4)17(5)23(26)31-21(20)13-18/h7-13,15,22,25H,6H2,1-5H3. The van der Waals surface area contributed by atoms with Crippen molar-refractivity contribution in [2.75, 3.05) is 0 Å². The number of fused-ring (bicyclic) bond motifs is 1. The van der Waals surface area contributed by atoms with Gasteiger partial charge >= 0.3 is 11.6 Å². The number of rotatable bonds is 7. The smallest absolute Gasteiger partial charge is 0.339 e. The first-order chi connectivity index (χ1) is 15.0. The first kappa shape index (κ1) is 23.7. The van der Waals surface area contributed by atoms with Gasteiger partial charge < -0.3 is 9.15 Å². The minimum atomic E-state index is -3.93. The van der Waals surface area contributed by atoms with Crippen molar-refractivity contribution in [2.24, 2.45) is 5.92 Å². The average Bonchev–Trinajstić information content (AvgIpc) is 2.75. The van der Waals surface area contributed by atoms with Crippen LogP contribution in [0.3, 0.4) is 0 Å². The van der Waals surface area contributed by atoms with Gasteiger partial charge in [0.1, 0.15) is 17.4 Å². The summed E-state index contributed by atoms with van der Waals surface area (Å²) >= 11 is 0. The number of hydrogen-bond donors (Lipinski definition) is 1. The van der Waals surface area contributed by atoms with Crippen molar-refractivity contribution in [3.05, 3.63) is 69.6 Å². The van der Waals surface area contributed by atoms with Crippen LogP contribution in [0, 0.1) is 26.7 Å². The number of hydrogen-bond acceptors (Lipinski definition) is 6. The predicted molar refractivity (Wildman–Crippen MR) is 122 cm³/mol. The number of ether oxygens (including phenoxy) is 1. The van der Waals surface area contributed by atoms with Crippen LogP contribution in [0.5, 0.6) is 5.75 Å². The zero-order valence-electron chi connectivity index (χ0n) is 18.8. The summed E-state index contributed by atoms with van der Waals surface area (Å²) in [6.07, 6.45) is 0.557. The quantitative estimate of drug-likeness (QED) is 0.327. The summed E-state index contributed by atoms with van der Waals surface area (Å²) in [7, 11) is -3.93. The van der Waals surface area contributed by atoms with Crippen LogP contribution in [-0.2, 0) is 14.8 Å². The van der Waals surface area contributed by atoms with Crippen molar-refractivity contribution in [2.45, 2.75) is 52.0 Å². The predicted octanol–water partition coefficient (Wildman–Crippen LogP) is 4.02. The van der Waals surface area contributed by atoms with Gasteiger partial charge in [0.25, 0.3) is 0 Å². The Balaban J connectivity index is 1.89. The summed E-state index contributed by atoms with van der Waals surface area (Å²) in [6.45, 7) is 9.00. The van der Waals surface area contributed by atoms with Crippen LogP contribution in [0.2, 0.25) is 0 Å². The van der Waals surface area contributed by atoms with Gasteiger partial charge in [-0.05, 0) is 56.5 Å². The van der Waals surface area contributed by atoms with Crippen molar-refractivity contribution in [3.8, 4) is 5.75 Å². The number of esters is 1. The fraction of sp³-hybridized carbons (Fsp3) is 0.333. The highest BCUT2D eigenvalue weighted by atomic mass is 32.2. The average molecular weight is 458 g/mol. The lowest BCUT2D eigenvalue weighted by atomic mass is 10.0. The van der Waals surface area contributed by atoms with E-state index in [4.69, 9.17) is 9.15 Å². The second-order valence-corrected chi connectivity index (χ2v) is 9.73. The fourth-order valence-corrected chi connectivity index (χ4v) is 4.55. The molecule has 2 atom stereocenters. The maximum atomic E-state index is 13.0. The van der Waals surface area contributed by atoms with Gasteiger partial charge in [0.2, 0.25) is 10.0 Å². The van der Waals surface area contributed by atoms with Crippen molar-refractivity contribution >= 4 is 27.0 Å². The molecule has 3 rings (SSSR count). The summed E-state index contributed by atoms with van der Waals surface area (Å²) in [5.74, 6) is -0.886. The van der Waals surface area contributed by atoms with Crippen LogP contribution in [0.25, 0.3) is 11.0 Å². The Hall–Kier alpha value is -2.97. The first-order valence-electron chi connectivity index (χ1n) is 10.4. The van der Waals surface area contributed by atoms with Crippen molar-refractivity contribution in [1.29, 1.82) is 0 Å². The van der Waals surface area contributed by atoms with Crippen LogP contribution in [-0.4, -0.2) is 20.4 Å². The van der Waals surface area contributed by atoms with Gasteiger partial charge in [-0.2, -0.15) is 4.72 Å². The maximum absolute atomic E-state index is 13.0. The van der Waals surface area contributed by atoms with E-state index in [1.165, 1.54) is 18.2 Å². The lowest BCUT2D eigenvalue weighted by Gasteiger charge is -2.22. The topological polar surface area (TPSA) is 103 Å². The molecule has 2 unspecified atom stereocenters. The molecule has 0 saturated carbocycles. The Labute approximate surface area is 187 Å². The number of nitrogens with one attached hydrogen (secondary N) is 1. The summed E-state index contributed by atoms with van der Waals surface area (Å²) < 4.78 is 39.0. The van der Waals surface area contributed by atoms with Gasteiger partial charge in [0.05, 0.1) is 4.90 Å². The normalized spacial score (nSPS) is 13.7. The maximum Gasteiger partial charge on any atom is 0.339 e. The van der Waals surface area contributed by atoms with E-state index in [1.54, 1.807) is 38.1 Å². The summed E-state index contributed by atoms with van der Waals surface area (Å²) in [5.41, 5.74) is 2.07. The molecule has 0 aliphatic rings. The molecule has 0 spiro atoms. The van der Waals surface area contributed by atoms with Crippen LogP contribution >= 0.6 is 0 Å². The van der Waals surface area contributed by atoms with E-state index < -0.39 is 27.7 Å². The van der Waals surface area contributed by atoms with Gasteiger partial charge in [0, 0.05) is 17.0 Å². The number of carbonyl (C=O) groups is 1. The Bertz CT molecular complexity index is 1310. The molecule has 0 radical (unpaired) electrons. The van der Waals surface area contributed by atoms with E-state index in [0.717, 1.165) is 16.5 Å². The molecule has 1 heterocycles. The molecular weight excluding hydrogens is 430 g/mol. The van der Waals surface area contributed by atoms with E-state index in [9.17, 15) is 18.0 Å². The third-order valence-corrected chi connectivity index (χ3v) is 7.18. The molecule has 0 aliphatic carbocycles. The molecule has 0 fully saturated rings. The van der Waals surface area contributed by atoms with E-state index in [-0.39, 0.29) is 16.6 Å². The van der Waals surface area contributed by atoms with E-state index >= 15 is 0 Å². The molecule has 7 nitrogen and oxygen atoms in total. The zero-order valence-corrected chi connectivity index (χ0v) is 19.6. The third kappa shape index (κ3) is 4.92. The van der Waals surface area contributed by atoms with Gasteiger partial charge in [-0.1, -0.05) is 38.0 Å². The minimum Gasteiger partial charge on any atom is -0.425 e. The fourth-order valence-electron chi connectivity index (χ4n) is 3.26. The summed E-state index contributed by atoms with van der Waals surface area (Å²) in [4.78, 5) is 25.0. The lowest BCUT2D eigenvalue weighted by Crippen LogP contribution is -2.46. The minimum absolute atomic E-state index is 0.0718. The van der Waals surface area contributed by atoms with Crippen LogP contribution in [0.1, 0.15) is 37.0 Å². The monoisotopic (exact) mass is 457 g/mol. The van der Waals surface area contributed by atoms with Crippen LogP contribution < -0.4 is 15.1 Å². The van der Waals surface area contributed by atoms with Crippen molar-refractivity contribution in [1.82, 2.24) is 4.72 Å². The molecule has 8 heteroatoms. The Morgan fingerprint density at radius 1 is 1.06 bits per heavy atom. The molecule has 3 aromatic rings. The number of aryl methyl sites for hydroxylation is 2. The molecule has 0 amide bonds.